The molecule has 66 valence electrons. The number of nitrogens with zero attached hydrogens (tertiary/aromatic N) is 3. The van der Waals surface area contributed by atoms with Gasteiger partial charge in [-0.15, -0.1) is 0 Å². The molecule has 0 radical (unpaired) electrons. The zero-order chi connectivity index (χ0) is 9.26. The van der Waals surface area contributed by atoms with Crippen LogP contribution in [0.3, 0.4) is 0 Å². The highest BCUT2D eigenvalue weighted by molar-refractivity contribution is 5.49. The van der Waals surface area contributed by atoms with Crippen molar-refractivity contribution in [3.05, 3.63) is 11.1 Å². The highest BCUT2D eigenvalue weighted by atomic mass is 15.2. The fraction of sp³-hybridized carbons (Fsp3) is 0.600. The molecule has 0 aromatic heterocycles. The van der Waals surface area contributed by atoms with E-state index in [2.05, 4.69) is 4.90 Å². The lowest BCUT2D eigenvalue weighted by Crippen LogP contribution is -2.21. The van der Waals surface area contributed by atoms with Crippen LogP contribution in [0.4, 0.5) is 0 Å². The quantitative estimate of drug-likeness (QED) is 0.560. The zero-order valence-corrected chi connectivity index (χ0v) is 7.45. The molecule has 0 bridgehead atoms. The molecule has 2 rings (SSSR count). The Bertz CT molecular complexity index is 307. The average molecular weight is 173 g/mol. The summed E-state index contributed by atoms with van der Waals surface area (Å²) in [7, 11) is 0. The minimum atomic E-state index is 0.344. The van der Waals surface area contributed by atoms with E-state index in [4.69, 9.17) is 10.5 Å². The predicted octanol–water partition coefficient (Wildman–Crippen LogP) is 1.20. The highest BCUT2D eigenvalue weighted by Crippen LogP contribution is 2.38. The van der Waals surface area contributed by atoms with E-state index in [1.165, 1.54) is 12.8 Å². The van der Waals surface area contributed by atoms with Gasteiger partial charge in [-0.3, -0.25) is 4.90 Å². The summed E-state index contributed by atoms with van der Waals surface area (Å²) in [6.07, 6.45) is 3.47. The van der Waals surface area contributed by atoms with E-state index < -0.39 is 0 Å². The van der Waals surface area contributed by atoms with Crippen molar-refractivity contribution in [1.29, 1.82) is 10.5 Å². The maximum Gasteiger partial charge on any atom is 0.130 e. The van der Waals surface area contributed by atoms with E-state index in [1.54, 1.807) is 0 Å². The lowest BCUT2D eigenvalue weighted by atomic mass is 10.3. The van der Waals surface area contributed by atoms with Gasteiger partial charge in [0.1, 0.15) is 17.7 Å². The molecule has 1 aliphatic carbocycles. The van der Waals surface area contributed by atoms with E-state index in [0.717, 1.165) is 25.1 Å². The molecule has 3 nitrogen and oxygen atoms in total. The summed E-state index contributed by atoms with van der Waals surface area (Å²) in [6, 6.07) is 4.35. The van der Waals surface area contributed by atoms with Gasteiger partial charge in [-0.25, -0.2) is 0 Å². The summed E-state index contributed by atoms with van der Waals surface area (Å²) in [5.74, 6) is 0. The van der Waals surface area contributed by atoms with Crippen LogP contribution in [0.5, 0.6) is 0 Å². The maximum absolute atomic E-state index is 8.65. The standard InChI is InChI=1S/C10H11N3/c11-6-8(7-12)9-5-10(9)13-3-1-2-4-13/h10H,1-5H2. The molecule has 1 saturated carbocycles. The fourth-order valence-corrected chi connectivity index (χ4v) is 1.99. The van der Waals surface area contributed by atoms with Crippen molar-refractivity contribution in [2.45, 2.75) is 25.3 Å². The van der Waals surface area contributed by atoms with Crippen molar-refractivity contribution >= 4 is 0 Å². The smallest absolute Gasteiger partial charge is 0.130 e. The number of nitriles is 2. The van der Waals surface area contributed by atoms with E-state index in [-0.39, 0.29) is 0 Å². The Morgan fingerprint density at radius 3 is 2.38 bits per heavy atom. The van der Waals surface area contributed by atoms with Gasteiger partial charge in [0.05, 0.1) is 0 Å². The summed E-state index contributed by atoms with van der Waals surface area (Å²) in [5, 5.41) is 17.3. The second-order valence-electron chi connectivity index (χ2n) is 3.59. The first-order chi connectivity index (χ1) is 6.36. The van der Waals surface area contributed by atoms with Gasteiger partial charge in [0, 0.05) is 6.04 Å². The normalized spacial score (nSPS) is 26.6. The first kappa shape index (κ1) is 8.29. The summed E-state index contributed by atoms with van der Waals surface area (Å²) < 4.78 is 0. The molecule has 0 N–H and O–H groups in total. The van der Waals surface area contributed by atoms with Gasteiger partial charge in [0.25, 0.3) is 0 Å². The van der Waals surface area contributed by atoms with Gasteiger partial charge in [0.2, 0.25) is 0 Å². The van der Waals surface area contributed by atoms with Crippen LogP contribution >= 0.6 is 0 Å². The Morgan fingerprint density at radius 1 is 1.23 bits per heavy atom. The van der Waals surface area contributed by atoms with E-state index in [9.17, 15) is 0 Å². The zero-order valence-electron chi connectivity index (χ0n) is 7.45. The summed E-state index contributed by atoms with van der Waals surface area (Å²) in [5.41, 5.74) is 1.41. The number of likely N-dealkylation sites (tertiary alicyclic amines) is 1. The van der Waals surface area contributed by atoms with Gasteiger partial charge in [-0.05, 0) is 37.9 Å². The SMILES string of the molecule is N#CC(C#N)=C1CC1N1CCCC1. The fourth-order valence-electron chi connectivity index (χ4n) is 1.99. The molecule has 1 unspecified atom stereocenters. The van der Waals surface area contributed by atoms with E-state index in [0.29, 0.717) is 11.6 Å². The van der Waals surface area contributed by atoms with Crippen molar-refractivity contribution in [2.75, 3.05) is 13.1 Å². The third-order valence-corrected chi connectivity index (χ3v) is 2.78. The van der Waals surface area contributed by atoms with Crippen molar-refractivity contribution < 1.29 is 0 Å². The molecule has 2 aliphatic rings. The number of allylic oxidation sites excluding steroid dienone is 1. The topological polar surface area (TPSA) is 50.8 Å². The van der Waals surface area contributed by atoms with Crippen molar-refractivity contribution in [3.8, 4) is 12.1 Å². The molecule has 0 aromatic carbocycles. The third-order valence-electron chi connectivity index (χ3n) is 2.78. The molecule has 1 saturated heterocycles. The van der Waals surface area contributed by atoms with Gasteiger partial charge in [-0.2, -0.15) is 10.5 Å². The van der Waals surface area contributed by atoms with E-state index in [1.807, 2.05) is 12.1 Å². The van der Waals surface area contributed by atoms with Gasteiger partial charge < -0.3 is 0 Å². The molecule has 0 aromatic rings. The molecule has 13 heavy (non-hydrogen) atoms. The molecular formula is C10H11N3. The summed E-state index contributed by atoms with van der Waals surface area (Å²) >= 11 is 0. The second kappa shape index (κ2) is 3.20. The molecule has 1 heterocycles. The molecule has 2 fully saturated rings. The van der Waals surface area contributed by atoms with Gasteiger partial charge in [0.15, 0.2) is 0 Å². The lowest BCUT2D eigenvalue weighted by Gasteiger charge is -2.11. The Labute approximate surface area is 77.9 Å². The Morgan fingerprint density at radius 2 is 1.85 bits per heavy atom. The average Bonchev–Trinajstić information content (AvgIpc) is 2.76. The molecule has 0 amide bonds. The molecular weight excluding hydrogens is 162 g/mol. The van der Waals surface area contributed by atoms with E-state index >= 15 is 0 Å². The summed E-state index contributed by atoms with van der Waals surface area (Å²) in [4.78, 5) is 2.38. The monoisotopic (exact) mass is 173 g/mol. The minimum absolute atomic E-state index is 0.344. The van der Waals surface area contributed by atoms with Gasteiger partial charge in [-0.1, -0.05) is 0 Å². The minimum Gasteiger partial charge on any atom is -0.296 e. The van der Waals surface area contributed by atoms with Crippen LogP contribution in [0.2, 0.25) is 0 Å². The van der Waals surface area contributed by atoms with Crippen LogP contribution in [0.15, 0.2) is 11.1 Å². The van der Waals surface area contributed by atoms with Crippen LogP contribution in [0.25, 0.3) is 0 Å². The predicted molar refractivity (Wildman–Crippen MR) is 47.5 cm³/mol. The van der Waals surface area contributed by atoms with Crippen molar-refractivity contribution in [1.82, 2.24) is 4.90 Å². The largest absolute Gasteiger partial charge is 0.296 e. The second-order valence-corrected chi connectivity index (χ2v) is 3.59. The van der Waals surface area contributed by atoms with Crippen LogP contribution in [0.1, 0.15) is 19.3 Å². The number of rotatable bonds is 1. The third kappa shape index (κ3) is 1.43. The van der Waals surface area contributed by atoms with Crippen LogP contribution in [-0.4, -0.2) is 24.0 Å². The lowest BCUT2D eigenvalue weighted by molar-refractivity contribution is 0.338. The first-order valence-electron chi connectivity index (χ1n) is 4.64. The van der Waals surface area contributed by atoms with Gasteiger partial charge >= 0.3 is 0 Å². The Balaban J connectivity index is 2.06. The maximum atomic E-state index is 8.65. The molecule has 0 spiro atoms. The molecule has 1 atom stereocenters. The molecule has 3 heteroatoms. The van der Waals surface area contributed by atoms with Crippen LogP contribution in [0, 0.1) is 22.7 Å². The highest BCUT2D eigenvalue weighted by Gasteiger charge is 2.39. The van der Waals surface area contributed by atoms with Crippen LogP contribution in [-0.2, 0) is 0 Å². The Hall–Kier alpha value is -1.32. The van der Waals surface area contributed by atoms with Crippen LogP contribution < -0.4 is 0 Å². The first-order valence-corrected chi connectivity index (χ1v) is 4.64. The molecule has 1 aliphatic heterocycles. The van der Waals surface area contributed by atoms with Crippen molar-refractivity contribution in [3.63, 3.8) is 0 Å². The van der Waals surface area contributed by atoms with Crippen molar-refractivity contribution in [2.24, 2.45) is 0 Å². The Kier molecular flexibility index (Phi) is 2.04. The number of hydrogen-bond donors (Lipinski definition) is 0. The number of hydrogen-bond acceptors (Lipinski definition) is 3. The summed E-state index contributed by atoms with van der Waals surface area (Å²) in [6.45, 7) is 2.27.